The number of carbonyl (C=O) groups is 1. The number of Topliss-reactive ketones (excluding diaryl/α,β-unsaturated/α-hetero) is 1. The summed E-state index contributed by atoms with van der Waals surface area (Å²) in [5, 5.41) is 0. The molecule has 0 amide bonds. The van der Waals surface area contributed by atoms with Gasteiger partial charge in [0.2, 0.25) is 0 Å². The predicted octanol–water partition coefficient (Wildman–Crippen LogP) is 7.44. The smallest absolute Gasteiger partial charge is 0.163 e. The van der Waals surface area contributed by atoms with E-state index < -0.39 is 0 Å². The minimum absolute atomic E-state index is 0.335. The van der Waals surface area contributed by atoms with Crippen molar-refractivity contribution in [1.82, 2.24) is 0 Å². The Labute approximate surface area is 182 Å². The number of fused-ring (bicyclic) bond motifs is 2. The van der Waals surface area contributed by atoms with Crippen molar-refractivity contribution in [3.8, 4) is 0 Å². The van der Waals surface area contributed by atoms with E-state index >= 15 is 0 Å². The molecule has 158 valence electrons. The summed E-state index contributed by atoms with van der Waals surface area (Å²) in [6.07, 6.45) is 11.6. The highest BCUT2D eigenvalue weighted by Gasteiger charge is 2.44. The van der Waals surface area contributed by atoms with Crippen LogP contribution in [0.5, 0.6) is 0 Å². The molecule has 2 bridgehead atoms. The van der Waals surface area contributed by atoms with Crippen LogP contribution < -0.4 is 0 Å². The van der Waals surface area contributed by atoms with E-state index in [0.717, 1.165) is 28.9 Å². The summed E-state index contributed by atoms with van der Waals surface area (Å²) in [7, 11) is 0. The summed E-state index contributed by atoms with van der Waals surface area (Å²) in [6, 6.07) is 15.7. The number of hydrogen-bond acceptors (Lipinski definition) is 1. The fourth-order valence-electron chi connectivity index (χ4n) is 6.36. The molecule has 4 atom stereocenters. The van der Waals surface area contributed by atoms with Gasteiger partial charge < -0.3 is 0 Å². The number of hydrogen-bond donors (Lipinski definition) is 0. The molecule has 0 radical (unpaired) electrons. The van der Waals surface area contributed by atoms with E-state index in [0.29, 0.717) is 24.0 Å². The molecule has 0 aromatic heterocycles. The van der Waals surface area contributed by atoms with Crippen molar-refractivity contribution in [2.45, 2.75) is 77.6 Å². The van der Waals surface area contributed by atoms with Gasteiger partial charge in [0.15, 0.2) is 5.78 Å². The Bertz CT molecular complexity index is 904. The molecular formula is C29H36O. The summed E-state index contributed by atoms with van der Waals surface area (Å²) in [5.74, 6) is 4.14. The number of benzene rings is 2. The monoisotopic (exact) mass is 400 g/mol. The van der Waals surface area contributed by atoms with Gasteiger partial charge in [-0.1, -0.05) is 61.2 Å². The van der Waals surface area contributed by atoms with Crippen molar-refractivity contribution in [1.29, 1.82) is 0 Å². The molecule has 2 aromatic carbocycles. The van der Waals surface area contributed by atoms with Crippen LogP contribution in [0.1, 0.15) is 89.9 Å². The van der Waals surface area contributed by atoms with E-state index in [2.05, 4.69) is 56.3 Å². The molecule has 0 heterocycles. The van der Waals surface area contributed by atoms with Gasteiger partial charge in [-0.05, 0) is 98.3 Å². The van der Waals surface area contributed by atoms with E-state index in [-0.39, 0.29) is 0 Å². The van der Waals surface area contributed by atoms with E-state index in [4.69, 9.17) is 0 Å². The van der Waals surface area contributed by atoms with Crippen LogP contribution in [-0.4, -0.2) is 5.78 Å². The quantitative estimate of drug-likeness (QED) is 0.421. The lowest BCUT2D eigenvalue weighted by Crippen LogP contribution is -2.22. The molecular weight excluding hydrogens is 364 g/mol. The van der Waals surface area contributed by atoms with Gasteiger partial charge in [0.25, 0.3) is 0 Å². The van der Waals surface area contributed by atoms with Gasteiger partial charge in [-0.3, -0.25) is 4.79 Å². The van der Waals surface area contributed by atoms with Crippen LogP contribution in [0.4, 0.5) is 0 Å². The first-order chi connectivity index (χ1) is 14.6. The van der Waals surface area contributed by atoms with Crippen molar-refractivity contribution in [2.24, 2.45) is 23.7 Å². The normalized spacial score (nSPS) is 26.1. The van der Waals surface area contributed by atoms with Crippen molar-refractivity contribution in [2.75, 3.05) is 0 Å². The number of ketones is 1. The van der Waals surface area contributed by atoms with Crippen LogP contribution in [0, 0.1) is 37.5 Å². The summed E-state index contributed by atoms with van der Waals surface area (Å²) >= 11 is 0. The Hall–Kier alpha value is -1.89. The first kappa shape index (κ1) is 20.0. The van der Waals surface area contributed by atoms with Gasteiger partial charge in [-0.15, -0.1) is 0 Å². The Kier molecular flexibility index (Phi) is 5.56. The van der Waals surface area contributed by atoms with E-state index in [1.807, 2.05) is 0 Å². The third-order valence-electron chi connectivity index (χ3n) is 8.35. The molecule has 3 saturated carbocycles. The Morgan fingerprint density at radius 2 is 1.77 bits per heavy atom. The highest BCUT2D eigenvalue weighted by Crippen LogP contribution is 2.54. The predicted molar refractivity (Wildman–Crippen MR) is 124 cm³/mol. The average Bonchev–Trinajstić information content (AvgIpc) is 3.35. The lowest BCUT2D eigenvalue weighted by molar-refractivity contribution is 0.0954. The van der Waals surface area contributed by atoms with Crippen LogP contribution in [0.2, 0.25) is 0 Å². The lowest BCUT2D eigenvalue weighted by atomic mass is 9.73. The maximum atomic E-state index is 13.4. The average molecular weight is 401 g/mol. The zero-order chi connectivity index (χ0) is 20.7. The first-order valence-electron chi connectivity index (χ1n) is 12.3. The lowest BCUT2D eigenvalue weighted by Gasteiger charge is -2.31. The summed E-state index contributed by atoms with van der Waals surface area (Å²) in [4.78, 5) is 13.4. The number of aryl methyl sites for hydroxylation is 3. The molecule has 30 heavy (non-hydrogen) atoms. The van der Waals surface area contributed by atoms with Crippen molar-refractivity contribution in [3.63, 3.8) is 0 Å². The van der Waals surface area contributed by atoms with E-state index in [1.165, 1.54) is 68.1 Å². The third kappa shape index (κ3) is 4.27. The van der Waals surface area contributed by atoms with E-state index in [9.17, 15) is 4.79 Å². The highest BCUT2D eigenvalue weighted by atomic mass is 16.1. The maximum Gasteiger partial charge on any atom is 0.163 e. The Morgan fingerprint density at radius 3 is 2.43 bits per heavy atom. The molecule has 0 saturated heterocycles. The molecule has 3 aliphatic carbocycles. The van der Waals surface area contributed by atoms with Crippen molar-refractivity contribution >= 4 is 5.78 Å². The molecule has 5 rings (SSSR count). The molecule has 1 unspecified atom stereocenters. The first-order valence-corrected chi connectivity index (χ1v) is 12.3. The zero-order valence-corrected chi connectivity index (χ0v) is 18.7. The van der Waals surface area contributed by atoms with Gasteiger partial charge in [0, 0.05) is 12.0 Å². The van der Waals surface area contributed by atoms with Crippen LogP contribution >= 0.6 is 0 Å². The minimum atomic E-state index is 0.335. The maximum absolute atomic E-state index is 13.4. The van der Waals surface area contributed by atoms with Gasteiger partial charge in [-0.2, -0.15) is 0 Å². The summed E-state index contributed by atoms with van der Waals surface area (Å²) in [5.41, 5.74) is 6.11. The second kappa shape index (κ2) is 8.33. The standard InChI is InChI=1S/C29H36O/c1-19-3-4-20(2)26(15-19)29(30)18-28(27-17-23-11-14-25(27)16-23)24-12-9-22(10-13-24)8-7-21-5-6-21/h3-4,9-10,12-13,15,21,23,25,27-28H,5-8,11,14,16-18H2,1-2H3/t23-,25+,27?,28-/m0/s1. The molecule has 3 aliphatic rings. The van der Waals surface area contributed by atoms with Crippen LogP contribution in [-0.2, 0) is 6.42 Å². The third-order valence-corrected chi connectivity index (χ3v) is 8.35. The number of rotatable bonds is 8. The SMILES string of the molecule is Cc1ccc(C)c(C(=O)C[C@@H](c2ccc(CCC3CC3)cc2)C2C[C@H]3CC[C@@H]2C3)c1. The fourth-order valence-corrected chi connectivity index (χ4v) is 6.36. The largest absolute Gasteiger partial charge is 0.294 e. The minimum Gasteiger partial charge on any atom is -0.294 e. The topological polar surface area (TPSA) is 17.1 Å². The summed E-state index contributed by atoms with van der Waals surface area (Å²) in [6.45, 7) is 4.16. The molecule has 0 spiro atoms. The van der Waals surface area contributed by atoms with Crippen LogP contribution in [0.15, 0.2) is 42.5 Å². The van der Waals surface area contributed by atoms with E-state index in [1.54, 1.807) is 0 Å². The highest BCUT2D eigenvalue weighted by molar-refractivity contribution is 5.98. The molecule has 0 N–H and O–H groups in total. The van der Waals surface area contributed by atoms with Crippen molar-refractivity contribution in [3.05, 3.63) is 70.3 Å². The van der Waals surface area contributed by atoms with Gasteiger partial charge >= 0.3 is 0 Å². The van der Waals surface area contributed by atoms with Gasteiger partial charge in [0.1, 0.15) is 0 Å². The second-order valence-electron chi connectivity index (χ2n) is 10.6. The van der Waals surface area contributed by atoms with Crippen LogP contribution in [0.3, 0.4) is 0 Å². The molecule has 3 fully saturated rings. The number of carbonyl (C=O) groups excluding carboxylic acids is 1. The molecule has 1 nitrogen and oxygen atoms in total. The van der Waals surface area contributed by atoms with Gasteiger partial charge in [-0.25, -0.2) is 0 Å². The molecule has 2 aromatic rings. The Balaban J connectivity index is 1.37. The van der Waals surface area contributed by atoms with Crippen molar-refractivity contribution < 1.29 is 4.79 Å². The zero-order valence-electron chi connectivity index (χ0n) is 18.7. The van der Waals surface area contributed by atoms with Gasteiger partial charge in [0.05, 0.1) is 0 Å². The fraction of sp³-hybridized carbons (Fsp3) is 0.552. The molecule has 1 heteroatoms. The molecule has 0 aliphatic heterocycles. The van der Waals surface area contributed by atoms with Crippen LogP contribution in [0.25, 0.3) is 0 Å². The summed E-state index contributed by atoms with van der Waals surface area (Å²) < 4.78 is 0. The second-order valence-corrected chi connectivity index (χ2v) is 10.6. The Morgan fingerprint density at radius 1 is 0.967 bits per heavy atom.